The number of carbonyl (C=O) groups is 1. The molecule has 96 valence electrons. The molecule has 0 rings (SSSR count). The maximum absolute atomic E-state index is 11.5. The van der Waals surface area contributed by atoms with E-state index in [0.717, 1.165) is 0 Å². The second kappa shape index (κ2) is 5.60. The van der Waals surface area contributed by atoms with E-state index < -0.39 is 16.1 Å². The van der Waals surface area contributed by atoms with Crippen molar-refractivity contribution in [3.8, 4) is 0 Å². The molecule has 0 radical (unpaired) electrons. The molecule has 0 aromatic rings. The Hall–Kier alpha value is -0.660. The Balaban J connectivity index is 3.92. The van der Waals surface area contributed by atoms with E-state index in [9.17, 15) is 13.2 Å². The number of nitrogens with two attached hydrogens (primary N) is 2. The third-order valence-corrected chi connectivity index (χ3v) is 2.98. The summed E-state index contributed by atoms with van der Waals surface area (Å²) in [6.45, 7) is 5.85. The van der Waals surface area contributed by atoms with E-state index >= 15 is 0 Å². The van der Waals surface area contributed by atoms with Gasteiger partial charge < -0.3 is 11.1 Å². The highest BCUT2D eigenvalue weighted by Gasteiger charge is 2.26. The lowest BCUT2D eigenvalue weighted by molar-refractivity contribution is -0.124. The van der Waals surface area contributed by atoms with E-state index in [4.69, 9.17) is 10.9 Å². The number of hydrogen-bond acceptors (Lipinski definition) is 4. The molecule has 0 saturated carbocycles. The van der Waals surface area contributed by atoms with Crippen molar-refractivity contribution in [1.29, 1.82) is 0 Å². The average molecular weight is 251 g/mol. The lowest BCUT2D eigenvalue weighted by Crippen LogP contribution is -2.48. The largest absolute Gasteiger partial charge is 0.355 e. The maximum atomic E-state index is 11.5. The minimum absolute atomic E-state index is 0.141. The molecule has 1 atom stereocenters. The van der Waals surface area contributed by atoms with Gasteiger partial charge in [0, 0.05) is 6.54 Å². The number of carbonyl (C=O) groups excluding carboxylic acids is 1. The van der Waals surface area contributed by atoms with Gasteiger partial charge in [0.05, 0.1) is 11.8 Å². The lowest BCUT2D eigenvalue weighted by Gasteiger charge is -2.25. The Labute approximate surface area is 96.8 Å². The first-order valence-electron chi connectivity index (χ1n) is 5.08. The van der Waals surface area contributed by atoms with Gasteiger partial charge in [-0.2, -0.15) is 0 Å². The first-order chi connectivity index (χ1) is 7.04. The van der Waals surface area contributed by atoms with Crippen LogP contribution >= 0.6 is 0 Å². The van der Waals surface area contributed by atoms with Gasteiger partial charge in [-0.05, 0) is 11.8 Å². The van der Waals surface area contributed by atoms with Crippen LogP contribution in [0.4, 0.5) is 0 Å². The number of hydrogen-bond donors (Lipinski definition) is 3. The van der Waals surface area contributed by atoms with Gasteiger partial charge in [0.15, 0.2) is 0 Å². The molecule has 0 heterocycles. The average Bonchev–Trinajstić information content (AvgIpc) is 2.07. The van der Waals surface area contributed by atoms with Crippen LogP contribution in [0.2, 0.25) is 0 Å². The van der Waals surface area contributed by atoms with Gasteiger partial charge in [0.1, 0.15) is 0 Å². The van der Waals surface area contributed by atoms with Crippen LogP contribution in [0.15, 0.2) is 0 Å². The molecule has 0 aromatic heterocycles. The van der Waals surface area contributed by atoms with Crippen molar-refractivity contribution in [2.45, 2.75) is 33.2 Å². The molecule has 0 aliphatic rings. The van der Waals surface area contributed by atoms with Crippen LogP contribution in [0.3, 0.4) is 0 Å². The maximum Gasteiger partial charge on any atom is 0.237 e. The molecule has 6 nitrogen and oxygen atoms in total. The first kappa shape index (κ1) is 15.3. The summed E-state index contributed by atoms with van der Waals surface area (Å²) in [6.07, 6.45) is 0.293. The monoisotopic (exact) mass is 251 g/mol. The Kier molecular flexibility index (Phi) is 5.37. The molecule has 0 bridgehead atoms. The summed E-state index contributed by atoms with van der Waals surface area (Å²) in [6, 6.07) is -0.609. The molecule has 0 aromatic carbocycles. The van der Waals surface area contributed by atoms with Gasteiger partial charge in [-0.1, -0.05) is 20.8 Å². The highest BCUT2D eigenvalue weighted by molar-refractivity contribution is 7.89. The Morgan fingerprint density at radius 3 is 2.25 bits per heavy atom. The van der Waals surface area contributed by atoms with Gasteiger partial charge in [-0.25, -0.2) is 13.6 Å². The van der Waals surface area contributed by atoms with E-state index in [1.165, 1.54) is 0 Å². The first-order valence-corrected chi connectivity index (χ1v) is 6.79. The summed E-state index contributed by atoms with van der Waals surface area (Å²) in [5.41, 5.74) is 5.39. The predicted molar refractivity (Wildman–Crippen MR) is 63.0 cm³/mol. The van der Waals surface area contributed by atoms with Crippen LogP contribution in [0.1, 0.15) is 27.2 Å². The zero-order valence-corrected chi connectivity index (χ0v) is 10.8. The second-order valence-electron chi connectivity index (χ2n) is 4.86. The molecule has 0 aliphatic heterocycles. The van der Waals surface area contributed by atoms with Crippen LogP contribution in [0, 0.1) is 5.41 Å². The van der Waals surface area contributed by atoms with Crippen molar-refractivity contribution in [2.75, 3.05) is 12.3 Å². The van der Waals surface area contributed by atoms with E-state index in [-0.39, 0.29) is 23.6 Å². The van der Waals surface area contributed by atoms with Crippen molar-refractivity contribution in [3.63, 3.8) is 0 Å². The van der Waals surface area contributed by atoms with E-state index in [0.29, 0.717) is 6.42 Å². The van der Waals surface area contributed by atoms with Crippen molar-refractivity contribution in [1.82, 2.24) is 5.32 Å². The molecule has 5 N–H and O–H groups in total. The Morgan fingerprint density at radius 1 is 1.38 bits per heavy atom. The standard InChI is InChI=1S/C9H21N3O3S/c1-9(2,3)7(10)8(13)12-5-4-6-16(11,14)15/h7H,4-6,10H2,1-3H3,(H,12,13)(H2,11,14,15)/t7-/m1/s1. The second-order valence-corrected chi connectivity index (χ2v) is 6.59. The van der Waals surface area contributed by atoms with E-state index in [2.05, 4.69) is 5.32 Å². The Bertz CT molecular complexity index is 332. The van der Waals surface area contributed by atoms with Crippen LogP contribution in [-0.4, -0.2) is 32.7 Å². The van der Waals surface area contributed by atoms with Gasteiger partial charge in [-0.15, -0.1) is 0 Å². The van der Waals surface area contributed by atoms with Crippen LogP contribution < -0.4 is 16.2 Å². The minimum Gasteiger partial charge on any atom is -0.355 e. The zero-order valence-electron chi connectivity index (χ0n) is 9.99. The molecule has 0 spiro atoms. The quantitative estimate of drug-likeness (QED) is 0.552. The lowest BCUT2D eigenvalue weighted by atomic mass is 9.87. The van der Waals surface area contributed by atoms with Gasteiger partial charge in [-0.3, -0.25) is 4.79 Å². The fourth-order valence-electron chi connectivity index (χ4n) is 0.988. The summed E-state index contributed by atoms with van der Waals surface area (Å²) >= 11 is 0. The fourth-order valence-corrected chi connectivity index (χ4v) is 1.53. The van der Waals surface area contributed by atoms with Gasteiger partial charge in [0.25, 0.3) is 0 Å². The molecule has 7 heteroatoms. The molecule has 0 unspecified atom stereocenters. The molecule has 16 heavy (non-hydrogen) atoms. The highest BCUT2D eigenvalue weighted by Crippen LogP contribution is 2.16. The molecular weight excluding hydrogens is 230 g/mol. The van der Waals surface area contributed by atoms with Crippen LogP contribution in [-0.2, 0) is 14.8 Å². The van der Waals surface area contributed by atoms with Crippen LogP contribution in [0.5, 0.6) is 0 Å². The highest BCUT2D eigenvalue weighted by atomic mass is 32.2. The smallest absolute Gasteiger partial charge is 0.237 e. The van der Waals surface area contributed by atoms with Gasteiger partial charge in [0.2, 0.25) is 15.9 Å². The van der Waals surface area contributed by atoms with Gasteiger partial charge >= 0.3 is 0 Å². The molecular formula is C9H21N3O3S. The number of primary sulfonamides is 1. The molecule has 0 aliphatic carbocycles. The number of sulfonamides is 1. The topological polar surface area (TPSA) is 115 Å². The van der Waals surface area contributed by atoms with Crippen molar-refractivity contribution < 1.29 is 13.2 Å². The normalized spacial score (nSPS) is 14.6. The van der Waals surface area contributed by atoms with Crippen molar-refractivity contribution >= 4 is 15.9 Å². The summed E-state index contributed by atoms with van der Waals surface area (Å²) in [5.74, 6) is -0.417. The van der Waals surface area contributed by atoms with E-state index in [1.807, 2.05) is 20.8 Å². The summed E-state index contributed by atoms with van der Waals surface area (Å²) in [5, 5.41) is 7.39. The van der Waals surface area contributed by atoms with Crippen molar-refractivity contribution in [3.05, 3.63) is 0 Å². The molecule has 0 fully saturated rings. The number of nitrogens with one attached hydrogen (secondary N) is 1. The molecule has 0 saturated heterocycles. The number of rotatable bonds is 5. The number of amides is 1. The third-order valence-electron chi connectivity index (χ3n) is 2.12. The van der Waals surface area contributed by atoms with E-state index in [1.54, 1.807) is 0 Å². The third kappa shape index (κ3) is 6.76. The minimum atomic E-state index is -3.45. The summed E-state index contributed by atoms with van der Waals surface area (Å²) < 4.78 is 21.2. The van der Waals surface area contributed by atoms with Crippen molar-refractivity contribution in [2.24, 2.45) is 16.3 Å². The Morgan fingerprint density at radius 2 is 1.88 bits per heavy atom. The zero-order chi connectivity index (χ0) is 13.0. The summed E-state index contributed by atoms with van der Waals surface area (Å²) in [7, 11) is -3.45. The predicted octanol–water partition coefficient (Wildman–Crippen LogP) is -0.845. The summed E-state index contributed by atoms with van der Waals surface area (Å²) in [4.78, 5) is 11.5. The fraction of sp³-hybridized carbons (Fsp3) is 0.889. The van der Waals surface area contributed by atoms with Crippen LogP contribution in [0.25, 0.3) is 0 Å². The SMILES string of the molecule is CC(C)(C)[C@H](N)C(=O)NCCCS(N)(=O)=O. The molecule has 1 amide bonds.